The fourth-order valence-corrected chi connectivity index (χ4v) is 6.16. The van der Waals surface area contributed by atoms with Gasteiger partial charge < -0.3 is 14.8 Å². The largest absolute Gasteiger partial charge is 0.356 e. The van der Waals surface area contributed by atoms with Gasteiger partial charge in [-0.15, -0.1) is 0 Å². The molecule has 0 saturated carbocycles. The predicted octanol–water partition coefficient (Wildman–Crippen LogP) is 5.95. The zero-order valence-electron chi connectivity index (χ0n) is 19.4. The quantitative estimate of drug-likeness (QED) is 0.333. The van der Waals surface area contributed by atoms with Crippen molar-refractivity contribution in [1.29, 1.82) is 0 Å². The minimum Gasteiger partial charge on any atom is -0.356 e. The van der Waals surface area contributed by atoms with Crippen molar-refractivity contribution in [2.75, 3.05) is 13.1 Å². The van der Waals surface area contributed by atoms with Crippen molar-refractivity contribution in [1.82, 2.24) is 14.8 Å². The number of carbonyl (C=O) groups excluding carboxylic acids is 2. The average Bonchev–Trinajstić information content (AvgIpc) is 3.26. The molecule has 2 aliphatic rings. The molecule has 2 amide bonds. The molecule has 1 N–H and O–H groups in total. The van der Waals surface area contributed by atoms with Crippen molar-refractivity contribution >= 4 is 50.2 Å². The van der Waals surface area contributed by atoms with Crippen LogP contribution in [0, 0.1) is 5.82 Å². The zero-order valence-corrected chi connectivity index (χ0v) is 21.7. The smallest absolute Gasteiger partial charge is 0.255 e. The summed E-state index contributed by atoms with van der Waals surface area (Å²) >= 11 is 9.76. The van der Waals surface area contributed by atoms with Crippen LogP contribution in [0.4, 0.5) is 4.39 Å². The third-order valence-electron chi connectivity index (χ3n) is 7.50. The molecule has 6 rings (SSSR count). The summed E-state index contributed by atoms with van der Waals surface area (Å²) in [6.07, 6.45) is 0. The second-order valence-corrected chi connectivity index (χ2v) is 10.8. The lowest BCUT2D eigenvalue weighted by atomic mass is 9.76. The number of piperazine rings is 1. The van der Waals surface area contributed by atoms with Gasteiger partial charge in [-0.25, -0.2) is 4.39 Å². The van der Waals surface area contributed by atoms with Crippen LogP contribution >= 0.6 is 27.5 Å². The number of aromatic nitrogens is 1. The van der Waals surface area contributed by atoms with Crippen molar-refractivity contribution in [2.24, 2.45) is 0 Å². The highest BCUT2D eigenvalue weighted by Gasteiger charge is 2.56. The second-order valence-electron chi connectivity index (χ2n) is 9.50. The summed E-state index contributed by atoms with van der Waals surface area (Å²) in [7, 11) is 0. The molecular formula is C28H22BrClFN3O2. The van der Waals surface area contributed by atoms with Crippen LogP contribution in [0.25, 0.3) is 10.9 Å². The number of carbonyl (C=O) groups is 2. The Bertz CT molecular complexity index is 1520. The fraction of sp³-hybridized carbons (Fsp3) is 0.214. The van der Waals surface area contributed by atoms with Gasteiger partial charge in [-0.3, -0.25) is 9.59 Å². The summed E-state index contributed by atoms with van der Waals surface area (Å²) in [6, 6.07) is 20.4. The van der Waals surface area contributed by atoms with Gasteiger partial charge in [0.2, 0.25) is 5.91 Å². The molecule has 8 heteroatoms. The van der Waals surface area contributed by atoms with Crippen LogP contribution in [-0.2, 0) is 21.7 Å². The van der Waals surface area contributed by atoms with E-state index in [1.807, 2.05) is 48.5 Å². The Hall–Kier alpha value is -3.16. The Balaban J connectivity index is 1.51. The average molecular weight is 567 g/mol. The van der Waals surface area contributed by atoms with E-state index < -0.39 is 11.4 Å². The molecule has 3 aromatic carbocycles. The lowest BCUT2D eigenvalue weighted by molar-refractivity contribution is -0.167. The standard InChI is InChI=1S/C28H22BrClFN3O2/c1-28-26-25(18-5-2-3-8-23(18)32-26)19(16-9-11-17(29)12-10-16)14-34(28)24(35)15-33(27(28)36)13-20-21(30)6-4-7-22(20)31/h2-12,19,32H,13-15H2,1H3/t19-,28+/m1/s1. The molecule has 0 bridgehead atoms. The third kappa shape index (κ3) is 3.40. The Morgan fingerprint density at radius 2 is 1.83 bits per heavy atom. The molecule has 36 heavy (non-hydrogen) atoms. The van der Waals surface area contributed by atoms with Gasteiger partial charge in [0, 0.05) is 38.4 Å². The van der Waals surface area contributed by atoms with Crippen molar-refractivity contribution in [2.45, 2.75) is 24.9 Å². The van der Waals surface area contributed by atoms with E-state index in [0.717, 1.165) is 26.5 Å². The van der Waals surface area contributed by atoms with Crippen LogP contribution < -0.4 is 0 Å². The number of nitrogens with zero attached hydrogens (tertiary/aromatic N) is 2. The summed E-state index contributed by atoms with van der Waals surface area (Å²) in [6.45, 7) is 1.94. The van der Waals surface area contributed by atoms with Crippen LogP contribution in [-0.4, -0.2) is 39.7 Å². The maximum Gasteiger partial charge on any atom is 0.255 e. The third-order valence-corrected chi connectivity index (χ3v) is 8.38. The van der Waals surface area contributed by atoms with E-state index in [-0.39, 0.29) is 41.4 Å². The van der Waals surface area contributed by atoms with Gasteiger partial charge in [0.25, 0.3) is 5.91 Å². The van der Waals surface area contributed by atoms with Gasteiger partial charge in [0.05, 0.1) is 12.2 Å². The first-order valence-corrected chi connectivity index (χ1v) is 12.9. The van der Waals surface area contributed by atoms with Gasteiger partial charge in [0.15, 0.2) is 5.54 Å². The molecule has 1 fully saturated rings. The Labute approximate surface area is 221 Å². The molecule has 0 aliphatic carbocycles. The highest BCUT2D eigenvalue weighted by Crippen LogP contribution is 2.48. The highest BCUT2D eigenvalue weighted by atomic mass is 79.9. The van der Waals surface area contributed by atoms with Crippen LogP contribution in [0.5, 0.6) is 0 Å². The minimum absolute atomic E-state index is 0.0782. The Morgan fingerprint density at radius 3 is 2.58 bits per heavy atom. The fourth-order valence-electron chi connectivity index (χ4n) is 5.67. The molecule has 2 atom stereocenters. The number of aromatic amines is 1. The van der Waals surface area contributed by atoms with E-state index in [1.54, 1.807) is 17.9 Å². The van der Waals surface area contributed by atoms with Gasteiger partial charge >= 0.3 is 0 Å². The maximum atomic E-state index is 14.6. The SMILES string of the molecule is C[C@]12C(=O)N(Cc3c(F)cccc3Cl)CC(=O)N1C[C@H](c1ccc(Br)cc1)c1c2[nH]c2ccccc12. The van der Waals surface area contributed by atoms with Crippen LogP contribution in [0.15, 0.2) is 71.2 Å². The number of H-pyrrole nitrogens is 1. The Kier molecular flexibility index (Phi) is 5.46. The van der Waals surface area contributed by atoms with Crippen LogP contribution in [0.1, 0.15) is 35.2 Å². The molecule has 182 valence electrons. The number of nitrogens with one attached hydrogen (secondary N) is 1. The van der Waals surface area contributed by atoms with E-state index in [2.05, 4.69) is 20.9 Å². The number of rotatable bonds is 3. The van der Waals surface area contributed by atoms with E-state index in [9.17, 15) is 14.0 Å². The number of hydrogen-bond donors (Lipinski definition) is 1. The maximum absolute atomic E-state index is 14.6. The van der Waals surface area contributed by atoms with Crippen LogP contribution in [0.3, 0.4) is 0 Å². The summed E-state index contributed by atoms with van der Waals surface area (Å²) < 4.78 is 15.5. The van der Waals surface area contributed by atoms with Gasteiger partial charge in [0.1, 0.15) is 12.4 Å². The molecule has 3 heterocycles. The minimum atomic E-state index is -1.26. The first kappa shape index (κ1) is 23.3. The van der Waals surface area contributed by atoms with Crippen molar-refractivity contribution in [3.8, 4) is 0 Å². The lowest BCUT2D eigenvalue weighted by Crippen LogP contribution is -2.67. The molecule has 1 aromatic heterocycles. The van der Waals surface area contributed by atoms with E-state index in [4.69, 9.17) is 11.6 Å². The number of hydrogen-bond acceptors (Lipinski definition) is 2. The normalized spacial score (nSPS) is 21.6. The molecule has 4 aromatic rings. The number of benzene rings is 3. The molecule has 0 radical (unpaired) electrons. The molecule has 2 aliphatic heterocycles. The van der Waals surface area contributed by atoms with E-state index in [0.29, 0.717) is 12.2 Å². The lowest BCUT2D eigenvalue weighted by Gasteiger charge is -2.51. The van der Waals surface area contributed by atoms with Crippen molar-refractivity contribution in [3.05, 3.63) is 104 Å². The van der Waals surface area contributed by atoms with Gasteiger partial charge in [-0.1, -0.05) is 63.9 Å². The summed E-state index contributed by atoms with van der Waals surface area (Å²) in [5.74, 6) is -1.05. The van der Waals surface area contributed by atoms with Crippen molar-refractivity contribution in [3.63, 3.8) is 0 Å². The molecule has 0 unspecified atom stereocenters. The van der Waals surface area contributed by atoms with Gasteiger partial charge in [-0.05, 0) is 48.4 Å². The molecule has 0 spiro atoms. The first-order chi connectivity index (χ1) is 17.3. The molecule has 5 nitrogen and oxygen atoms in total. The monoisotopic (exact) mass is 565 g/mol. The number of fused-ring (bicyclic) bond motifs is 5. The Morgan fingerprint density at radius 1 is 1.08 bits per heavy atom. The number of para-hydroxylation sites is 1. The molecular weight excluding hydrogens is 545 g/mol. The van der Waals surface area contributed by atoms with E-state index in [1.165, 1.54) is 17.0 Å². The predicted molar refractivity (Wildman–Crippen MR) is 140 cm³/mol. The summed E-state index contributed by atoms with van der Waals surface area (Å²) in [5, 5.41) is 1.25. The number of halogens is 3. The topological polar surface area (TPSA) is 56.4 Å². The van der Waals surface area contributed by atoms with Gasteiger partial charge in [-0.2, -0.15) is 0 Å². The van der Waals surface area contributed by atoms with Crippen LogP contribution in [0.2, 0.25) is 5.02 Å². The molecule has 1 saturated heterocycles. The van der Waals surface area contributed by atoms with Crippen molar-refractivity contribution < 1.29 is 14.0 Å². The number of amides is 2. The highest BCUT2D eigenvalue weighted by molar-refractivity contribution is 9.10. The zero-order chi connectivity index (χ0) is 25.2. The second kappa shape index (κ2) is 8.46. The first-order valence-electron chi connectivity index (χ1n) is 11.7. The summed E-state index contributed by atoms with van der Waals surface area (Å²) in [5.41, 5.74) is 2.63. The van der Waals surface area contributed by atoms with E-state index >= 15 is 0 Å². The summed E-state index contributed by atoms with van der Waals surface area (Å²) in [4.78, 5) is 34.3.